The molecule has 2 N–H and O–H groups in total. The number of carbonyl (C=O) groups is 2. The smallest absolute Gasteiger partial charge is 0.326 e. The lowest BCUT2D eigenvalue weighted by Gasteiger charge is -2.20. The largest absolute Gasteiger partial charge is 0.480 e. The lowest BCUT2D eigenvalue weighted by atomic mass is 9.99. The van der Waals surface area contributed by atoms with Crippen molar-refractivity contribution in [2.75, 3.05) is 0 Å². The third-order valence-electron chi connectivity index (χ3n) is 2.96. The second kappa shape index (κ2) is 6.78. The Kier molecular flexibility index (Phi) is 5.63. The number of rotatable bonds is 5. The van der Waals surface area contributed by atoms with E-state index < -0.39 is 17.9 Å². The van der Waals surface area contributed by atoms with Crippen LogP contribution in [0.3, 0.4) is 0 Å². The number of nitrogens with one attached hydrogen (secondary N) is 1. The van der Waals surface area contributed by atoms with Gasteiger partial charge in [-0.1, -0.05) is 49.5 Å². The minimum atomic E-state index is -1.07. The van der Waals surface area contributed by atoms with Gasteiger partial charge in [-0.15, -0.1) is 0 Å². The number of benzene rings is 1. The van der Waals surface area contributed by atoms with Gasteiger partial charge in [0.15, 0.2) is 0 Å². The van der Waals surface area contributed by atoms with Crippen LogP contribution in [0.25, 0.3) is 0 Å². The maximum Gasteiger partial charge on any atom is 0.326 e. The normalized spacial score (nSPS) is 13.7. The Labute approximate surface area is 121 Å². The lowest BCUT2D eigenvalue weighted by molar-refractivity contribution is -0.140. The maximum absolute atomic E-state index is 12.0. The van der Waals surface area contributed by atoms with E-state index in [1.807, 2.05) is 6.92 Å². The molecule has 6 heteroatoms. The van der Waals surface area contributed by atoms with Crippen LogP contribution >= 0.6 is 23.2 Å². The predicted octanol–water partition coefficient (Wildman–Crippen LogP) is 3.22. The summed E-state index contributed by atoms with van der Waals surface area (Å²) in [5, 5.41) is 12.0. The lowest BCUT2D eigenvalue weighted by Crippen LogP contribution is -2.45. The van der Waals surface area contributed by atoms with Gasteiger partial charge in [0, 0.05) is 0 Å². The SMILES string of the molecule is CCC(C)[C@H](NC(=O)c1cccc(Cl)c1Cl)C(=O)O. The molecule has 1 unspecified atom stereocenters. The highest BCUT2D eigenvalue weighted by molar-refractivity contribution is 6.43. The Balaban J connectivity index is 2.94. The summed E-state index contributed by atoms with van der Waals surface area (Å²) in [5.74, 6) is -1.79. The van der Waals surface area contributed by atoms with Crippen LogP contribution < -0.4 is 5.32 Å². The zero-order valence-electron chi connectivity index (χ0n) is 10.6. The fourth-order valence-electron chi connectivity index (χ4n) is 1.58. The van der Waals surface area contributed by atoms with Gasteiger partial charge in [-0.05, 0) is 18.1 Å². The Morgan fingerprint density at radius 2 is 2.00 bits per heavy atom. The zero-order chi connectivity index (χ0) is 14.6. The van der Waals surface area contributed by atoms with Crippen molar-refractivity contribution in [2.45, 2.75) is 26.3 Å². The van der Waals surface area contributed by atoms with Crippen molar-refractivity contribution in [3.63, 3.8) is 0 Å². The average Bonchev–Trinajstić information content (AvgIpc) is 2.37. The van der Waals surface area contributed by atoms with Gasteiger partial charge in [-0.2, -0.15) is 0 Å². The summed E-state index contributed by atoms with van der Waals surface area (Å²) in [6.07, 6.45) is 0.639. The number of hydrogen-bond acceptors (Lipinski definition) is 2. The van der Waals surface area contributed by atoms with Gasteiger partial charge >= 0.3 is 5.97 Å². The van der Waals surface area contributed by atoms with E-state index in [-0.39, 0.29) is 21.5 Å². The minimum absolute atomic E-state index is 0.120. The van der Waals surface area contributed by atoms with Crippen LogP contribution in [0.5, 0.6) is 0 Å². The van der Waals surface area contributed by atoms with Gasteiger partial charge in [-0.25, -0.2) is 4.79 Å². The van der Waals surface area contributed by atoms with Gasteiger partial charge < -0.3 is 10.4 Å². The van der Waals surface area contributed by atoms with E-state index in [0.717, 1.165) is 0 Å². The van der Waals surface area contributed by atoms with Gasteiger partial charge in [0.1, 0.15) is 6.04 Å². The molecule has 1 amide bonds. The van der Waals surface area contributed by atoms with Crippen LogP contribution in [0.15, 0.2) is 18.2 Å². The Bertz CT molecular complexity index is 491. The fourth-order valence-corrected chi connectivity index (χ4v) is 1.97. The summed E-state index contributed by atoms with van der Waals surface area (Å²) in [6, 6.07) is 3.69. The molecule has 4 nitrogen and oxygen atoms in total. The second-order valence-electron chi connectivity index (χ2n) is 4.28. The summed E-state index contributed by atoms with van der Waals surface area (Å²) < 4.78 is 0. The van der Waals surface area contributed by atoms with Crippen molar-refractivity contribution in [3.8, 4) is 0 Å². The summed E-state index contributed by atoms with van der Waals surface area (Å²) >= 11 is 11.7. The highest BCUT2D eigenvalue weighted by Crippen LogP contribution is 2.25. The second-order valence-corrected chi connectivity index (χ2v) is 5.06. The van der Waals surface area contributed by atoms with Crippen molar-refractivity contribution in [3.05, 3.63) is 33.8 Å². The molecule has 1 aromatic rings. The average molecular weight is 304 g/mol. The third kappa shape index (κ3) is 3.85. The third-order valence-corrected chi connectivity index (χ3v) is 3.78. The number of hydrogen-bond donors (Lipinski definition) is 2. The number of carboxylic acids is 1. The topological polar surface area (TPSA) is 66.4 Å². The summed E-state index contributed by atoms with van der Waals surface area (Å²) in [6.45, 7) is 3.62. The molecule has 0 heterocycles. The minimum Gasteiger partial charge on any atom is -0.480 e. The highest BCUT2D eigenvalue weighted by atomic mass is 35.5. The van der Waals surface area contributed by atoms with Crippen molar-refractivity contribution in [1.29, 1.82) is 0 Å². The Hall–Kier alpha value is -1.26. The van der Waals surface area contributed by atoms with E-state index >= 15 is 0 Å². The standard InChI is InChI=1S/C13H15Cl2NO3/c1-3-7(2)11(13(18)19)16-12(17)8-5-4-6-9(14)10(8)15/h4-7,11H,3H2,1-2H3,(H,16,17)(H,18,19)/t7?,11-/m0/s1. The number of carbonyl (C=O) groups excluding carboxylic acids is 1. The van der Waals surface area contributed by atoms with Crippen molar-refractivity contribution < 1.29 is 14.7 Å². The van der Waals surface area contributed by atoms with Crippen LogP contribution in [0.4, 0.5) is 0 Å². The molecule has 104 valence electrons. The number of carboxylic acid groups (broad SMARTS) is 1. The molecule has 0 aromatic heterocycles. The van der Waals surface area contributed by atoms with Gasteiger partial charge in [-0.3, -0.25) is 4.79 Å². The molecule has 0 aliphatic carbocycles. The van der Waals surface area contributed by atoms with Crippen LogP contribution in [-0.4, -0.2) is 23.0 Å². The van der Waals surface area contributed by atoms with Gasteiger partial charge in [0.05, 0.1) is 15.6 Å². The van der Waals surface area contributed by atoms with E-state index in [0.29, 0.717) is 6.42 Å². The molecule has 2 atom stereocenters. The molecule has 1 rings (SSSR count). The molecule has 0 bridgehead atoms. The van der Waals surface area contributed by atoms with Crippen LogP contribution in [0.1, 0.15) is 30.6 Å². The molecule has 0 spiro atoms. The first kappa shape index (κ1) is 15.8. The van der Waals surface area contributed by atoms with Gasteiger partial charge in [0.2, 0.25) is 0 Å². The van der Waals surface area contributed by atoms with Crippen molar-refractivity contribution in [1.82, 2.24) is 5.32 Å². The number of aliphatic carboxylic acids is 1. The highest BCUT2D eigenvalue weighted by Gasteiger charge is 2.26. The van der Waals surface area contributed by atoms with Crippen LogP contribution in [-0.2, 0) is 4.79 Å². The number of amides is 1. The first-order valence-corrected chi connectivity index (χ1v) is 6.61. The predicted molar refractivity (Wildman–Crippen MR) is 74.8 cm³/mol. The molecule has 0 saturated carbocycles. The summed E-state index contributed by atoms with van der Waals surface area (Å²) in [5.41, 5.74) is 0.170. The Morgan fingerprint density at radius 1 is 1.37 bits per heavy atom. The monoisotopic (exact) mass is 303 g/mol. The van der Waals surface area contributed by atoms with Crippen molar-refractivity contribution >= 4 is 35.1 Å². The van der Waals surface area contributed by atoms with Gasteiger partial charge in [0.25, 0.3) is 5.91 Å². The Morgan fingerprint density at radius 3 is 2.53 bits per heavy atom. The van der Waals surface area contributed by atoms with E-state index in [1.54, 1.807) is 19.1 Å². The molecular weight excluding hydrogens is 289 g/mol. The summed E-state index contributed by atoms with van der Waals surface area (Å²) in [4.78, 5) is 23.2. The molecule has 19 heavy (non-hydrogen) atoms. The van der Waals surface area contributed by atoms with E-state index in [9.17, 15) is 9.59 Å². The molecule has 0 saturated heterocycles. The van der Waals surface area contributed by atoms with E-state index in [4.69, 9.17) is 28.3 Å². The first-order chi connectivity index (χ1) is 8.88. The van der Waals surface area contributed by atoms with E-state index in [2.05, 4.69) is 5.32 Å². The van der Waals surface area contributed by atoms with Crippen LogP contribution in [0, 0.1) is 5.92 Å². The molecule has 1 aromatic carbocycles. The first-order valence-electron chi connectivity index (χ1n) is 5.86. The van der Waals surface area contributed by atoms with Crippen LogP contribution in [0.2, 0.25) is 10.0 Å². The van der Waals surface area contributed by atoms with E-state index in [1.165, 1.54) is 6.07 Å². The molecule has 0 fully saturated rings. The molecule has 0 aliphatic rings. The summed E-state index contributed by atoms with van der Waals surface area (Å²) in [7, 11) is 0. The molecular formula is C13H15Cl2NO3. The maximum atomic E-state index is 12.0. The zero-order valence-corrected chi connectivity index (χ0v) is 12.1. The molecule has 0 aliphatic heterocycles. The fraction of sp³-hybridized carbons (Fsp3) is 0.385. The molecule has 0 radical (unpaired) electrons. The number of halogens is 2. The quantitative estimate of drug-likeness (QED) is 0.877. The van der Waals surface area contributed by atoms with Crippen molar-refractivity contribution in [2.24, 2.45) is 5.92 Å².